The number of amides is 2. The zero-order chi connectivity index (χ0) is 25.9. The molecule has 0 spiro atoms. The maximum absolute atomic E-state index is 14.0. The molecule has 0 bridgehead atoms. The van der Waals surface area contributed by atoms with Gasteiger partial charge in [0.2, 0.25) is 5.91 Å². The first-order chi connectivity index (χ1) is 18.0. The van der Waals surface area contributed by atoms with Gasteiger partial charge in [-0.3, -0.25) is 9.59 Å². The van der Waals surface area contributed by atoms with Crippen LogP contribution in [-0.4, -0.2) is 48.7 Å². The number of methoxy groups -OCH3 is 2. The fraction of sp³-hybridized carbons (Fsp3) is 0.267. The summed E-state index contributed by atoms with van der Waals surface area (Å²) in [6, 6.07) is 22.7. The molecule has 0 fully saturated rings. The van der Waals surface area contributed by atoms with Crippen LogP contribution in [-0.2, 0) is 23.1 Å². The van der Waals surface area contributed by atoms with Crippen LogP contribution in [0.15, 0.2) is 79.0 Å². The number of rotatable bonds is 8. The lowest BCUT2D eigenvalue weighted by atomic mass is 9.79. The van der Waals surface area contributed by atoms with Crippen molar-refractivity contribution in [1.82, 2.24) is 14.8 Å². The Morgan fingerprint density at radius 1 is 0.946 bits per heavy atom. The number of aryl methyl sites for hydroxylation is 1. The average Bonchev–Trinajstić information content (AvgIpc) is 3.27. The largest absolute Gasteiger partial charge is 0.497 e. The fourth-order valence-electron chi connectivity index (χ4n) is 5.31. The van der Waals surface area contributed by atoms with E-state index >= 15 is 0 Å². The summed E-state index contributed by atoms with van der Waals surface area (Å²) in [6.07, 6.45) is 2.04. The van der Waals surface area contributed by atoms with Crippen molar-refractivity contribution in [2.45, 2.75) is 18.5 Å². The molecule has 1 N–H and O–H groups in total. The summed E-state index contributed by atoms with van der Waals surface area (Å²) in [5.41, 5.74) is 4.26. The van der Waals surface area contributed by atoms with Crippen LogP contribution in [0.25, 0.3) is 10.9 Å². The molecule has 7 nitrogen and oxygen atoms in total. The summed E-state index contributed by atoms with van der Waals surface area (Å²) in [5, 5.41) is 4.16. The van der Waals surface area contributed by atoms with E-state index in [0.29, 0.717) is 25.3 Å². The molecule has 1 aliphatic rings. The predicted octanol–water partition coefficient (Wildman–Crippen LogP) is 4.43. The maximum Gasteiger partial charge on any atom is 0.254 e. The number of nitrogens with one attached hydrogen (secondary N) is 1. The smallest absolute Gasteiger partial charge is 0.254 e. The third-order valence-electron chi connectivity index (χ3n) is 7.13. The summed E-state index contributed by atoms with van der Waals surface area (Å²) < 4.78 is 12.7. The van der Waals surface area contributed by atoms with E-state index in [-0.39, 0.29) is 11.8 Å². The number of hydrogen-bond donors (Lipinski definition) is 1. The van der Waals surface area contributed by atoms with Gasteiger partial charge in [0.1, 0.15) is 5.75 Å². The molecule has 190 valence electrons. The minimum Gasteiger partial charge on any atom is -0.497 e. The number of hydrogen-bond acceptors (Lipinski definition) is 4. The van der Waals surface area contributed by atoms with E-state index in [9.17, 15) is 9.59 Å². The molecule has 37 heavy (non-hydrogen) atoms. The molecule has 2 amide bonds. The topological polar surface area (TPSA) is 72.8 Å². The lowest BCUT2D eigenvalue weighted by Crippen LogP contribution is -2.48. The number of carbonyl (C=O) groups is 2. The van der Waals surface area contributed by atoms with Gasteiger partial charge in [0.15, 0.2) is 0 Å². The summed E-state index contributed by atoms with van der Waals surface area (Å²) in [4.78, 5) is 29.6. The Morgan fingerprint density at radius 2 is 1.68 bits per heavy atom. The number of aromatic nitrogens is 1. The second-order valence-electron chi connectivity index (χ2n) is 9.28. The number of ether oxygens (including phenoxy) is 2. The number of para-hydroxylation sites is 1. The van der Waals surface area contributed by atoms with Gasteiger partial charge in [0.05, 0.1) is 25.7 Å². The number of carbonyl (C=O) groups excluding carboxylic acids is 2. The van der Waals surface area contributed by atoms with Gasteiger partial charge in [-0.05, 0) is 35.4 Å². The Labute approximate surface area is 216 Å². The lowest BCUT2D eigenvalue weighted by Gasteiger charge is -2.41. The molecule has 5 rings (SSSR count). The van der Waals surface area contributed by atoms with Gasteiger partial charge in [-0.2, -0.15) is 0 Å². The SMILES string of the molecule is COCCN1C(=O)c2ccccc2C(C(=O)NCc2ccc(OC)cc2)C1c1cn(C)c2ccccc12. The molecule has 4 aromatic rings. The normalized spacial score (nSPS) is 17.1. The van der Waals surface area contributed by atoms with Gasteiger partial charge in [-0.1, -0.05) is 48.5 Å². The van der Waals surface area contributed by atoms with Crippen LogP contribution in [0.2, 0.25) is 0 Å². The van der Waals surface area contributed by atoms with E-state index in [1.54, 1.807) is 25.2 Å². The molecule has 1 aliphatic heterocycles. The highest BCUT2D eigenvalue weighted by Gasteiger charge is 2.44. The fourth-order valence-corrected chi connectivity index (χ4v) is 5.31. The monoisotopic (exact) mass is 497 g/mol. The van der Waals surface area contributed by atoms with E-state index in [1.165, 1.54) is 0 Å². The van der Waals surface area contributed by atoms with Crippen LogP contribution in [0, 0.1) is 0 Å². The van der Waals surface area contributed by atoms with Crippen molar-refractivity contribution in [3.8, 4) is 5.75 Å². The molecule has 1 aromatic heterocycles. The maximum atomic E-state index is 14.0. The number of nitrogens with zero attached hydrogens (tertiary/aromatic N) is 2. The average molecular weight is 498 g/mol. The summed E-state index contributed by atoms with van der Waals surface area (Å²) in [5.74, 6) is -0.0460. The number of fused-ring (bicyclic) bond motifs is 2. The second kappa shape index (κ2) is 10.5. The summed E-state index contributed by atoms with van der Waals surface area (Å²) in [7, 11) is 5.23. The van der Waals surface area contributed by atoms with E-state index in [4.69, 9.17) is 9.47 Å². The van der Waals surface area contributed by atoms with Crippen molar-refractivity contribution in [3.63, 3.8) is 0 Å². The van der Waals surface area contributed by atoms with E-state index < -0.39 is 12.0 Å². The van der Waals surface area contributed by atoms with Crippen LogP contribution in [0.1, 0.15) is 39.0 Å². The molecule has 0 saturated heterocycles. The van der Waals surface area contributed by atoms with Crippen LogP contribution in [0.4, 0.5) is 0 Å². The zero-order valence-corrected chi connectivity index (χ0v) is 21.3. The van der Waals surface area contributed by atoms with Crippen LogP contribution in [0.5, 0.6) is 5.75 Å². The van der Waals surface area contributed by atoms with E-state index in [0.717, 1.165) is 33.3 Å². The van der Waals surface area contributed by atoms with E-state index in [1.807, 2.05) is 67.8 Å². The molecule has 0 radical (unpaired) electrons. The minimum absolute atomic E-state index is 0.0928. The van der Waals surface area contributed by atoms with Crippen molar-refractivity contribution < 1.29 is 19.1 Å². The molecular weight excluding hydrogens is 466 g/mol. The molecule has 2 unspecified atom stereocenters. The van der Waals surface area contributed by atoms with Gasteiger partial charge >= 0.3 is 0 Å². The first-order valence-electron chi connectivity index (χ1n) is 12.4. The number of benzene rings is 3. The van der Waals surface area contributed by atoms with Crippen molar-refractivity contribution in [1.29, 1.82) is 0 Å². The molecule has 7 heteroatoms. The first-order valence-corrected chi connectivity index (χ1v) is 12.4. The third-order valence-corrected chi connectivity index (χ3v) is 7.13. The quantitative estimate of drug-likeness (QED) is 0.391. The Balaban J connectivity index is 1.59. The Hall–Kier alpha value is -4.10. The lowest BCUT2D eigenvalue weighted by molar-refractivity contribution is -0.124. The van der Waals surface area contributed by atoms with Gasteiger partial charge in [0, 0.05) is 55.5 Å². The van der Waals surface area contributed by atoms with Crippen molar-refractivity contribution in [2.75, 3.05) is 27.4 Å². The first kappa shape index (κ1) is 24.6. The van der Waals surface area contributed by atoms with Crippen molar-refractivity contribution in [3.05, 3.63) is 101 Å². The van der Waals surface area contributed by atoms with Gasteiger partial charge < -0.3 is 24.3 Å². The Morgan fingerprint density at radius 3 is 2.43 bits per heavy atom. The van der Waals surface area contributed by atoms with Crippen molar-refractivity contribution in [2.24, 2.45) is 7.05 Å². The Kier molecular flexibility index (Phi) is 6.97. The Bertz CT molecular complexity index is 1430. The molecule has 0 saturated carbocycles. The molecule has 3 aromatic carbocycles. The molecule has 2 heterocycles. The van der Waals surface area contributed by atoms with Gasteiger partial charge in [-0.15, -0.1) is 0 Å². The van der Waals surface area contributed by atoms with Crippen LogP contribution >= 0.6 is 0 Å². The highest BCUT2D eigenvalue weighted by molar-refractivity contribution is 6.02. The molecule has 0 aliphatic carbocycles. The van der Waals surface area contributed by atoms with Crippen LogP contribution < -0.4 is 10.1 Å². The summed E-state index contributed by atoms with van der Waals surface area (Å²) >= 11 is 0. The minimum atomic E-state index is -0.588. The zero-order valence-electron chi connectivity index (χ0n) is 21.3. The highest BCUT2D eigenvalue weighted by atomic mass is 16.5. The van der Waals surface area contributed by atoms with Crippen molar-refractivity contribution >= 4 is 22.7 Å². The van der Waals surface area contributed by atoms with Gasteiger partial charge in [0.25, 0.3) is 5.91 Å². The van der Waals surface area contributed by atoms with Gasteiger partial charge in [-0.25, -0.2) is 0 Å². The highest BCUT2D eigenvalue weighted by Crippen LogP contribution is 2.45. The summed E-state index contributed by atoms with van der Waals surface area (Å²) in [6.45, 7) is 1.12. The standard InChI is InChI=1S/C30H31N3O4/c1-32-19-25(22-8-6-7-11-26(22)32)28-27(29(34)31-18-20-12-14-21(37-3)15-13-20)23-9-4-5-10-24(23)30(35)33(28)16-17-36-2/h4-15,19,27-28H,16-18H2,1-3H3,(H,31,34). The second-order valence-corrected chi connectivity index (χ2v) is 9.28. The predicted molar refractivity (Wildman–Crippen MR) is 143 cm³/mol. The van der Waals surface area contributed by atoms with E-state index in [2.05, 4.69) is 22.0 Å². The van der Waals surface area contributed by atoms with Crippen LogP contribution in [0.3, 0.4) is 0 Å². The molecular formula is C30H31N3O4. The molecule has 2 atom stereocenters. The third kappa shape index (κ3) is 4.58.